The first-order valence-corrected chi connectivity index (χ1v) is 4.92. The van der Waals surface area contributed by atoms with Crippen LogP contribution in [0.5, 0.6) is 0 Å². The van der Waals surface area contributed by atoms with Gasteiger partial charge in [0.05, 0.1) is 12.5 Å². The predicted molar refractivity (Wildman–Crippen MR) is 57.7 cm³/mol. The largest absolute Gasteiger partial charge is 0.307 e. The molecule has 2 heteroatoms. The molecular weight excluding hydrogens is 172 g/mol. The summed E-state index contributed by atoms with van der Waals surface area (Å²) in [5.41, 5.74) is 1.18. The van der Waals surface area contributed by atoms with Gasteiger partial charge in [-0.05, 0) is 5.56 Å². The van der Waals surface area contributed by atoms with E-state index < -0.39 is 0 Å². The molecular formula is C12H16N2. The maximum absolute atomic E-state index is 8.72. The molecule has 0 spiro atoms. The van der Waals surface area contributed by atoms with Crippen LogP contribution in [0.4, 0.5) is 0 Å². The molecule has 1 unspecified atom stereocenters. The van der Waals surface area contributed by atoms with Crippen LogP contribution in [-0.4, -0.2) is 6.04 Å². The third-order valence-corrected chi connectivity index (χ3v) is 2.03. The number of nitriles is 1. The van der Waals surface area contributed by atoms with Crippen molar-refractivity contribution in [2.45, 2.75) is 32.4 Å². The third-order valence-electron chi connectivity index (χ3n) is 2.03. The van der Waals surface area contributed by atoms with Gasteiger partial charge in [0, 0.05) is 12.1 Å². The van der Waals surface area contributed by atoms with Gasteiger partial charge in [-0.25, -0.2) is 0 Å². The topological polar surface area (TPSA) is 35.8 Å². The van der Waals surface area contributed by atoms with Crippen molar-refractivity contribution in [1.82, 2.24) is 5.32 Å². The van der Waals surface area contributed by atoms with E-state index in [1.807, 2.05) is 18.2 Å². The maximum atomic E-state index is 8.72. The number of rotatable bonds is 4. The average molecular weight is 188 g/mol. The zero-order chi connectivity index (χ0) is 10.4. The Bertz CT molecular complexity index is 298. The highest BCUT2D eigenvalue weighted by Crippen LogP contribution is 2.16. The van der Waals surface area contributed by atoms with Crippen LogP contribution in [0, 0.1) is 11.3 Å². The molecule has 1 aromatic carbocycles. The smallest absolute Gasteiger partial charge is 0.0641 e. The van der Waals surface area contributed by atoms with Crippen molar-refractivity contribution in [3.05, 3.63) is 35.9 Å². The number of hydrogen-bond donors (Lipinski definition) is 1. The van der Waals surface area contributed by atoms with Crippen molar-refractivity contribution in [2.24, 2.45) is 0 Å². The molecule has 1 atom stereocenters. The first kappa shape index (κ1) is 10.7. The van der Waals surface area contributed by atoms with E-state index in [9.17, 15) is 0 Å². The van der Waals surface area contributed by atoms with Crippen molar-refractivity contribution in [2.75, 3.05) is 0 Å². The van der Waals surface area contributed by atoms with Gasteiger partial charge >= 0.3 is 0 Å². The molecule has 0 fully saturated rings. The molecule has 1 aromatic rings. The molecule has 0 radical (unpaired) electrons. The summed E-state index contributed by atoms with van der Waals surface area (Å²) < 4.78 is 0. The predicted octanol–water partition coefficient (Wildman–Crippen LogP) is 2.64. The monoisotopic (exact) mass is 188 g/mol. The Kier molecular flexibility index (Phi) is 4.15. The van der Waals surface area contributed by atoms with Crippen molar-refractivity contribution < 1.29 is 0 Å². The van der Waals surface area contributed by atoms with Gasteiger partial charge in [0.1, 0.15) is 0 Å². The fourth-order valence-electron chi connectivity index (χ4n) is 1.45. The van der Waals surface area contributed by atoms with Crippen LogP contribution in [0.15, 0.2) is 30.3 Å². The number of nitrogens with zero attached hydrogens (tertiary/aromatic N) is 1. The second kappa shape index (κ2) is 5.41. The summed E-state index contributed by atoms with van der Waals surface area (Å²) >= 11 is 0. The summed E-state index contributed by atoms with van der Waals surface area (Å²) in [4.78, 5) is 0. The lowest BCUT2D eigenvalue weighted by atomic mass is 10.0. The third kappa shape index (κ3) is 3.20. The quantitative estimate of drug-likeness (QED) is 0.788. The lowest BCUT2D eigenvalue weighted by Crippen LogP contribution is -2.27. The van der Waals surface area contributed by atoms with Gasteiger partial charge in [-0.3, -0.25) is 0 Å². The molecule has 74 valence electrons. The molecule has 1 rings (SSSR count). The molecule has 14 heavy (non-hydrogen) atoms. The highest BCUT2D eigenvalue weighted by Gasteiger charge is 2.10. The zero-order valence-corrected chi connectivity index (χ0v) is 8.70. The van der Waals surface area contributed by atoms with Crippen LogP contribution in [0.3, 0.4) is 0 Å². The summed E-state index contributed by atoms with van der Waals surface area (Å²) in [7, 11) is 0. The van der Waals surface area contributed by atoms with Gasteiger partial charge < -0.3 is 5.32 Å². The fourth-order valence-corrected chi connectivity index (χ4v) is 1.45. The lowest BCUT2D eigenvalue weighted by molar-refractivity contribution is 0.483. The molecule has 0 aromatic heterocycles. The van der Waals surface area contributed by atoms with Gasteiger partial charge in [-0.15, -0.1) is 0 Å². The van der Waals surface area contributed by atoms with Crippen molar-refractivity contribution in [3.63, 3.8) is 0 Å². The Morgan fingerprint density at radius 2 is 1.93 bits per heavy atom. The van der Waals surface area contributed by atoms with E-state index in [2.05, 4.69) is 37.4 Å². The number of benzene rings is 1. The summed E-state index contributed by atoms with van der Waals surface area (Å²) in [5, 5.41) is 12.1. The molecule has 0 aliphatic heterocycles. The Labute approximate surface area is 85.6 Å². The number of hydrogen-bond acceptors (Lipinski definition) is 2. The number of nitrogens with one attached hydrogen (secondary N) is 1. The fraction of sp³-hybridized carbons (Fsp3) is 0.417. The standard InChI is InChI=1S/C12H16N2/c1-10(2)14-12(8-9-13)11-6-4-3-5-7-11/h3-7,10,12,14H,8H2,1-2H3. The van der Waals surface area contributed by atoms with Crippen molar-refractivity contribution in [1.29, 1.82) is 5.26 Å². The van der Waals surface area contributed by atoms with Crippen molar-refractivity contribution in [3.8, 4) is 6.07 Å². The first-order chi connectivity index (χ1) is 6.74. The highest BCUT2D eigenvalue weighted by atomic mass is 14.9. The van der Waals surface area contributed by atoms with Gasteiger partial charge in [-0.1, -0.05) is 44.2 Å². The van der Waals surface area contributed by atoms with Crippen LogP contribution in [0.2, 0.25) is 0 Å². The minimum Gasteiger partial charge on any atom is -0.307 e. The van der Waals surface area contributed by atoms with Gasteiger partial charge in [-0.2, -0.15) is 5.26 Å². The van der Waals surface area contributed by atoms with Crippen LogP contribution in [-0.2, 0) is 0 Å². The first-order valence-electron chi connectivity index (χ1n) is 4.92. The summed E-state index contributed by atoms with van der Waals surface area (Å²) in [6.45, 7) is 4.18. The Hall–Kier alpha value is -1.33. The molecule has 0 heterocycles. The molecule has 0 aliphatic carbocycles. The van der Waals surface area contributed by atoms with Crippen LogP contribution in [0.1, 0.15) is 31.9 Å². The average Bonchev–Trinajstić information content (AvgIpc) is 2.18. The Morgan fingerprint density at radius 3 is 2.43 bits per heavy atom. The van der Waals surface area contributed by atoms with E-state index in [0.29, 0.717) is 12.5 Å². The second-order valence-corrected chi connectivity index (χ2v) is 3.65. The van der Waals surface area contributed by atoms with Crippen LogP contribution in [0.25, 0.3) is 0 Å². The van der Waals surface area contributed by atoms with E-state index in [4.69, 9.17) is 5.26 Å². The summed E-state index contributed by atoms with van der Waals surface area (Å²) in [6.07, 6.45) is 0.516. The Morgan fingerprint density at radius 1 is 1.29 bits per heavy atom. The van der Waals surface area contributed by atoms with E-state index in [1.54, 1.807) is 0 Å². The molecule has 1 N–H and O–H groups in total. The lowest BCUT2D eigenvalue weighted by Gasteiger charge is -2.18. The minimum atomic E-state index is 0.154. The minimum absolute atomic E-state index is 0.154. The van der Waals surface area contributed by atoms with Crippen molar-refractivity contribution >= 4 is 0 Å². The van der Waals surface area contributed by atoms with Crippen LogP contribution >= 0.6 is 0 Å². The van der Waals surface area contributed by atoms with E-state index in [-0.39, 0.29) is 6.04 Å². The van der Waals surface area contributed by atoms with Crippen LogP contribution < -0.4 is 5.32 Å². The molecule has 0 saturated carbocycles. The molecule has 0 aliphatic rings. The zero-order valence-electron chi connectivity index (χ0n) is 8.70. The molecule has 0 amide bonds. The van der Waals surface area contributed by atoms with E-state index in [1.165, 1.54) is 5.56 Å². The molecule has 0 saturated heterocycles. The van der Waals surface area contributed by atoms with E-state index in [0.717, 1.165) is 0 Å². The Balaban J connectivity index is 2.73. The molecule has 0 bridgehead atoms. The normalized spacial score (nSPS) is 12.4. The van der Waals surface area contributed by atoms with Gasteiger partial charge in [0.2, 0.25) is 0 Å². The second-order valence-electron chi connectivity index (χ2n) is 3.65. The molecule has 2 nitrogen and oxygen atoms in total. The SMILES string of the molecule is CC(C)NC(CC#N)c1ccccc1. The highest BCUT2D eigenvalue weighted by molar-refractivity contribution is 5.19. The summed E-state index contributed by atoms with van der Waals surface area (Å²) in [5.74, 6) is 0. The maximum Gasteiger partial charge on any atom is 0.0641 e. The van der Waals surface area contributed by atoms with Gasteiger partial charge in [0.15, 0.2) is 0 Å². The summed E-state index contributed by atoms with van der Waals surface area (Å²) in [6, 6.07) is 12.9. The van der Waals surface area contributed by atoms with Gasteiger partial charge in [0.25, 0.3) is 0 Å². The van der Waals surface area contributed by atoms with E-state index >= 15 is 0 Å².